The van der Waals surface area contributed by atoms with Crippen molar-refractivity contribution in [1.82, 2.24) is 4.90 Å². The Balaban J connectivity index is 1.72. The van der Waals surface area contributed by atoms with Crippen LogP contribution in [0, 0.1) is 0 Å². The lowest BCUT2D eigenvalue weighted by molar-refractivity contribution is 0.330. The van der Waals surface area contributed by atoms with Crippen molar-refractivity contribution < 1.29 is 0 Å². The molecule has 0 saturated carbocycles. The van der Waals surface area contributed by atoms with E-state index in [1.165, 1.54) is 62.9 Å². The average Bonchev–Trinajstić information content (AvgIpc) is 2.88. The quantitative estimate of drug-likeness (QED) is 0.672. The molecule has 0 unspecified atom stereocenters. The number of benzene rings is 1. The minimum Gasteiger partial charge on any atom is -0.303 e. The van der Waals surface area contributed by atoms with E-state index in [2.05, 4.69) is 35.7 Å². The molecule has 0 aromatic heterocycles. The average molecular weight is 229 g/mol. The third kappa shape index (κ3) is 3.71. The molecular formula is C16H23N. The van der Waals surface area contributed by atoms with Crippen molar-refractivity contribution >= 4 is 6.08 Å². The molecule has 1 saturated heterocycles. The van der Waals surface area contributed by atoms with E-state index in [9.17, 15) is 0 Å². The molecule has 0 radical (unpaired) electrons. The fourth-order valence-corrected chi connectivity index (χ4v) is 2.62. The first-order chi connectivity index (χ1) is 8.40. The number of rotatable bonds is 6. The lowest BCUT2D eigenvalue weighted by Crippen LogP contribution is -2.20. The van der Waals surface area contributed by atoms with Crippen LogP contribution in [-0.2, 0) is 6.42 Å². The van der Waals surface area contributed by atoms with Gasteiger partial charge in [-0.3, -0.25) is 0 Å². The van der Waals surface area contributed by atoms with Gasteiger partial charge in [0.1, 0.15) is 0 Å². The summed E-state index contributed by atoms with van der Waals surface area (Å²) in [7, 11) is 0. The standard InChI is InChI=1S/C16H23N/c1-2-15-9-3-4-10-16(15)11-5-6-12-17-13-7-8-14-17/h2-4,9-10H,1,5-8,11-14H2. The van der Waals surface area contributed by atoms with Gasteiger partial charge < -0.3 is 4.90 Å². The Morgan fingerprint density at radius 3 is 2.65 bits per heavy atom. The van der Waals surface area contributed by atoms with Gasteiger partial charge in [-0.2, -0.15) is 0 Å². The van der Waals surface area contributed by atoms with Gasteiger partial charge in [0.2, 0.25) is 0 Å². The molecule has 0 N–H and O–H groups in total. The summed E-state index contributed by atoms with van der Waals surface area (Å²) in [5.41, 5.74) is 2.75. The van der Waals surface area contributed by atoms with E-state index in [-0.39, 0.29) is 0 Å². The third-order valence-electron chi connectivity index (χ3n) is 3.64. The molecule has 1 aromatic carbocycles. The van der Waals surface area contributed by atoms with E-state index in [0.717, 1.165) is 0 Å². The van der Waals surface area contributed by atoms with Crippen LogP contribution >= 0.6 is 0 Å². The van der Waals surface area contributed by atoms with Crippen molar-refractivity contribution in [3.8, 4) is 0 Å². The molecule has 1 aliphatic heterocycles. The summed E-state index contributed by atoms with van der Waals surface area (Å²) in [6.45, 7) is 7.81. The highest BCUT2D eigenvalue weighted by molar-refractivity contribution is 5.51. The van der Waals surface area contributed by atoms with Crippen molar-refractivity contribution in [2.24, 2.45) is 0 Å². The molecule has 17 heavy (non-hydrogen) atoms. The summed E-state index contributed by atoms with van der Waals surface area (Å²) < 4.78 is 0. The van der Waals surface area contributed by atoms with Gasteiger partial charge in [0, 0.05) is 0 Å². The summed E-state index contributed by atoms with van der Waals surface area (Å²) in [5.74, 6) is 0. The number of aryl methyl sites for hydroxylation is 1. The lowest BCUT2D eigenvalue weighted by atomic mass is 10.0. The minimum atomic E-state index is 1.19. The van der Waals surface area contributed by atoms with Crippen molar-refractivity contribution in [2.75, 3.05) is 19.6 Å². The summed E-state index contributed by atoms with van der Waals surface area (Å²) in [5, 5.41) is 0. The van der Waals surface area contributed by atoms with Gasteiger partial charge in [-0.15, -0.1) is 0 Å². The van der Waals surface area contributed by atoms with Crippen LogP contribution in [0.25, 0.3) is 6.08 Å². The number of likely N-dealkylation sites (tertiary alicyclic amines) is 1. The van der Waals surface area contributed by atoms with Crippen LogP contribution in [0.15, 0.2) is 30.8 Å². The second kappa shape index (κ2) is 6.61. The molecule has 2 rings (SSSR count). The first-order valence-corrected chi connectivity index (χ1v) is 6.83. The van der Waals surface area contributed by atoms with E-state index in [1.54, 1.807) is 0 Å². The largest absolute Gasteiger partial charge is 0.303 e. The molecule has 0 atom stereocenters. The van der Waals surface area contributed by atoms with Crippen LogP contribution in [0.5, 0.6) is 0 Å². The third-order valence-corrected chi connectivity index (χ3v) is 3.64. The maximum atomic E-state index is 3.87. The Labute approximate surface area is 105 Å². The molecule has 1 heterocycles. The second-order valence-corrected chi connectivity index (χ2v) is 4.91. The van der Waals surface area contributed by atoms with E-state index >= 15 is 0 Å². The fourth-order valence-electron chi connectivity index (χ4n) is 2.62. The van der Waals surface area contributed by atoms with Crippen molar-refractivity contribution in [3.63, 3.8) is 0 Å². The molecule has 1 aliphatic rings. The summed E-state index contributed by atoms with van der Waals surface area (Å²) in [6.07, 6.45) is 8.58. The zero-order valence-electron chi connectivity index (χ0n) is 10.7. The van der Waals surface area contributed by atoms with Gasteiger partial charge >= 0.3 is 0 Å². The van der Waals surface area contributed by atoms with Gasteiger partial charge in [-0.1, -0.05) is 36.9 Å². The van der Waals surface area contributed by atoms with Crippen LogP contribution in [0.2, 0.25) is 0 Å². The van der Waals surface area contributed by atoms with Crippen molar-refractivity contribution in [2.45, 2.75) is 32.1 Å². The maximum Gasteiger partial charge on any atom is -0.00183 e. The highest BCUT2D eigenvalue weighted by Crippen LogP contribution is 2.14. The fraction of sp³-hybridized carbons (Fsp3) is 0.500. The Bertz CT molecular complexity index is 350. The molecule has 1 nitrogen and oxygen atoms in total. The van der Waals surface area contributed by atoms with Gasteiger partial charge in [-0.05, 0) is 62.9 Å². The van der Waals surface area contributed by atoms with Gasteiger partial charge in [0.05, 0.1) is 0 Å². The summed E-state index contributed by atoms with van der Waals surface area (Å²) >= 11 is 0. The Morgan fingerprint density at radius 2 is 1.88 bits per heavy atom. The molecule has 0 bridgehead atoms. The zero-order chi connectivity index (χ0) is 11.9. The predicted octanol–water partition coefficient (Wildman–Crippen LogP) is 3.75. The number of nitrogens with zero attached hydrogens (tertiary/aromatic N) is 1. The number of unbranched alkanes of at least 4 members (excludes halogenated alkanes) is 1. The normalized spacial score (nSPS) is 16.2. The summed E-state index contributed by atoms with van der Waals surface area (Å²) in [4.78, 5) is 2.60. The molecule has 0 amide bonds. The number of hydrogen-bond acceptors (Lipinski definition) is 1. The van der Waals surface area contributed by atoms with E-state index in [0.29, 0.717) is 0 Å². The van der Waals surface area contributed by atoms with Crippen LogP contribution < -0.4 is 0 Å². The first kappa shape index (κ1) is 12.4. The van der Waals surface area contributed by atoms with Gasteiger partial charge in [0.25, 0.3) is 0 Å². The SMILES string of the molecule is C=Cc1ccccc1CCCCN1CCCC1. The molecule has 1 aromatic rings. The van der Waals surface area contributed by atoms with Crippen LogP contribution in [0.1, 0.15) is 36.8 Å². The molecule has 1 fully saturated rings. The van der Waals surface area contributed by atoms with Crippen LogP contribution in [0.3, 0.4) is 0 Å². The van der Waals surface area contributed by atoms with Crippen molar-refractivity contribution in [1.29, 1.82) is 0 Å². The summed E-state index contributed by atoms with van der Waals surface area (Å²) in [6, 6.07) is 8.60. The van der Waals surface area contributed by atoms with Crippen LogP contribution in [0.4, 0.5) is 0 Å². The number of hydrogen-bond donors (Lipinski definition) is 0. The van der Waals surface area contributed by atoms with Gasteiger partial charge in [0.15, 0.2) is 0 Å². The second-order valence-electron chi connectivity index (χ2n) is 4.91. The molecule has 0 spiro atoms. The van der Waals surface area contributed by atoms with Crippen molar-refractivity contribution in [3.05, 3.63) is 42.0 Å². The van der Waals surface area contributed by atoms with E-state index in [1.807, 2.05) is 6.08 Å². The smallest absolute Gasteiger partial charge is 0.00183 e. The first-order valence-electron chi connectivity index (χ1n) is 6.83. The minimum absolute atomic E-state index is 1.19. The Morgan fingerprint density at radius 1 is 1.12 bits per heavy atom. The topological polar surface area (TPSA) is 3.24 Å². The molecular weight excluding hydrogens is 206 g/mol. The monoisotopic (exact) mass is 229 g/mol. The highest BCUT2D eigenvalue weighted by Gasteiger charge is 2.10. The maximum absolute atomic E-state index is 3.87. The van der Waals surface area contributed by atoms with E-state index in [4.69, 9.17) is 0 Å². The molecule has 0 aliphatic carbocycles. The predicted molar refractivity (Wildman–Crippen MR) is 75.1 cm³/mol. The van der Waals surface area contributed by atoms with Crippen LogP contribution in [-0.4, -0.2) is 24.5 Å². The highest BCUT2D eigenvalue weighted by atomic mass is 15.1. The molecule has 1 heteroatoms. The lowest BCUT2D eigenvalue weighted by Gasteiger charge is -2.14. The molecule has 92 valence electrons. The van der Waals surface area contributed by atoms with E-state index < -0.39 is 0 Å². The Kier molecular flexibility index (Phi) is 4.81. The Hall–Kier alpha value is -1.08. The van der Waals surface area contributed by atoms with Gasteiger partial charge in [-0.25, -0.2) is 0 Å². The zero-order valence-corrected chi connectivity index (χ0v) is 10.7.